The summed E-state index contributed by atoms with van der Waals surface area (Å²) in [7, 11) is -4.04. The van der Waals surface area contributed by atoms with Crippen LogP contribution in [-0.4, -0.2) is 37.5 Å². The van der Waals surface area contributed by atoms with Gasteiger partial charge in [0.1, 0.15) is 10.7 Å². The molecule has 1 aliphatic heterocycles. The number of nitrogens with zero attached hydrogens (tertiary/aromatic N) is 2. The zero-order valence-corrected chi connectivity index (χ0v) is 20.2. The van der Waals surface area contributed by atoms with E-state index in [1.165, 1.54) is 24.3 Å². The van der Waals surface area contributed by atoms with Crippen molar-refractivity contribution in [3.8, 4) is 11.1 Å². The molecule has 0 aliphatic carbocycles. The molecule has 1 fully saturated rings. The number of halogens is 2. The molecule has 0 saturated carbocycles. The lowest BCUT2D eigenvalue weighted by molar-refractivity contribution is 0.478. The van der Waals surface area contributed by atoms with Gasteiger partial charge in [-0.1, -0.05) is 35.9 Å². The van der Waals surface area contributed by atoms with E-state index >= 15 is 0 Å². The zero-order valence-electron chi connectivity index (χ0n) is 18.6. The first-order valence-corrected chi connectivity index (χ1v) is 13.1. The number of hydrogen-bond donors (Lipinski definition) is 3. The quantitative estimate of drug-likeness (QED) is 0.335. The number of anilines is 2. The summed E-state index contributed by atoms with van der Waals surface area (Å²) in [5.41, 5.74) is 1.98. The summed E-state index contributed by atoms with van der Waals surface area (Å²) in [4.78, 5) is 8.92. The van der Waals surface area contributed by atoms with Crippen molar-refractivity contribution in [3.63, 3.8) is 0 Å². The number of piperidine rings is 1. The highest BCUT2D eigenvalue weighted by atomic mass is 35.5. The van der Waals surface area contributed by atoms with Gasteiger partial charge < -0.3 is 10.6 Å². The average molecular weight is 512 g/mol. The number of fused-ring (bicyclic) bond motifs is 1. The van der Waals surface area contributed by atoms with Crippen molar-refractivity contribution in [3.05, 3.63) is 77.7 Å². The van der Waals surface area contributed by atoms with E-state index in [0.717, 1.165) is 42.4 Å². The van der Waals surface area contributed by atoms with Crippen LogP contribution in [0, 0.1) is 5.82 Å². The molecule has 4 aromatic rings. The number of aromatic nitrogens is 2. The van der Waals surface area contributed by atoms with Gasteiger partial charge in [-0.15, -0.1) is 0 Å². The third kappa shape index (κ3) is 5.22. The van der Waals surface area contributed by atoms with Gasteiger partial charge in [-0.05, 0) is 66.9 Å². The van der Waals surface area contributed by atoms with Gasteiger partial charge >= 0.3 is 0 Å². The van der Waals surface area contributed by atoms with E-state index in [2.05, 4.69) is 25.3 Å². The second-order valence-electron chi connectivity index (χ2n) is 8.39. The summed E-state index contributed by atoms with van der Waals surface area (Å²) < 4.78 is 42.4. The van der Waals surface area contributed by atoms with Crippen molar-refractivity contribution in [2.75, 3.05) is 23.1 Å². The van der Waals surface area contributed by atoms with Gasteiger partial charge in [-0.25, -0.2) is 22.8 Å². The van der Waals surface area contributed by atoms with Gasteiger partial charge in [-0.3, -0.25) is 4.72 Å². The summed E-state index contributed by atoms with van der Waals surface area (Å²) in [6.07, 6.45) is 3.93. The topological polar surface area (TPSA) is 96.0 Å². The fraction of sp³-hybridized carbons (Fsp3) is 0.200. The second kappa shape index (κ2) is 9.77. The number of hydrogen-bond acceptors (Lipinski definition) is 6. The Morgan fingerprint density at radius 2 is 1.86 bits per heavy atom. The Hall–Kier alpha value is -3.27. The summed E-state index contributed by atoms with van der Waals surface area (Å²) >= 11 is 6.00. The minimum absolute atomic E-state index is 0.0594. The maximum Gasteiger partial charge on any atom is 0.263 e. The minimum atomic E-state index is -4.04. The number of rotatable bonds is 6. The van der Waals surface area contributed by atoms with Crippen LogP contribution in [0.1, 0.15) is 12.8 Å². The lowest BCUT2D eigenvalue weighted by atomic mass is 10.0. The molecule has 7 nitrogen and oxygen atoms in total. The highest BCUT2D eigenvalue weighted by Crippen LogP contribution is 2.29. The lowest BCUT2D eigenvalue weighted by Crippen LogP contribution is -2.38. The zero-order chi connectivity index (χ0) is 24.4. The summed E-state index contributed by atoms with van der Waals surface area (Å²) in [6, 6.07) is 16.2. The standard InChI is InChI=1S/C25H23ClFN5O2S/c26-20-5-1-2-6-24(20)35(33,34)32-23-10-8-17(13-21(23)27)16-7-9-22-18(12-16)14-29-25(31-22)30-19-4-3-11-28-15-19/h1-2,5-10,12-14,19,28,32H,3-4,11,15H2,(H,29,30,31). The summed E-state index contributed by atoms with van der Waals surface area (Å²) in [6.45, 7) is 1.92. The van der Waals surface area contributed by atoms with Crippen molar-refractivity contribution < 1.29 is 12.8 Å². The first-order chi connectivity index (χ1) is 16.9. The van der Waals surface area contributed by atoms with Crippen molar-refractivity contribution in [1.82, 2.24) is 15.3 Å². The molecule has 0 bridgehead atoms. The largest absolute Gasteiger partial charge is 0.350 e. The van der Waals surface area contributed by atoms with Gasteiger partial charge in [0, 0.05) is 24.2 Å². The highest BCUT2D eigenvalue weighted by Gasteiger charge is 2.19. The van der Waals surface area contributed by atoms with E-state index in [1.54, 1.807) is 24.4 Å². The van der Waals surface area contributed by atoms with E-state index in [0.29, 0.717) is 17.6 Å². The van der Waals surface area contributed by atoms with Crippen LogP contribution >= 0.6 is 11.6 Å². The predicted molar refractivity (Wildman–Crippen MR) is 137 cm³/mol. The first kappa shape index (κ1) is 23.5. The van der Waals surface area contributed by atoms with Gasteiger partial charge in [0.05, 0.1) is 16.2 Å². The van der Waals surface area contributed by atoms with Crippen LogP contribution in [0.15, 0.2) is 71.8 Å². The normalized spacial score (nSPS) is 16.2. The Morgan fingerprint density at radius 1 is 1.06 bits per heavy atom. The fourth-order valence-corrected chi connectivity index (χ4v) is 5.67. The van der Waals surface area contributed by atoms with Crippen molar-refractivity contribution in [2.45, 2.75) is 23.8 Å². The fourth-order valence-electron chi connectivity index (χ4n) is 4.08. The molecule has 3 aromatic carbocycles. The molecule has 2 heterocycles. The molecule has 5 rings (SSSR count). The Labute approximate surface area is 207 Å². The van der Waals surface area contributed by atoms with Crippen LogP contribution in [0.5, 0.6) is 0 Å². The Kier molecular flexibility index (Phi) is 6.55. The molecular weight excluding hydrogens is 489 g/mol. The smallest absolute Gasteiger partial charge is 0.263 e. The summed E-state index contributed by atoms with van der Waals surface area (Å²) in [5.74, 6) is -0.115. The van der Waals surface area contributed by atoms with Crippen LogP contribution in [0.25, 0.3) is 22.0 Å². The molecule has 3 N–H and O–H groups in total. The molecule has 1 atom stereocenters. The minimum Gasteiger partial charge on any atom is -0.350 e. The Morgan fingerprint density at radius 3 is 2.63 bits per heavy atom. The molecular formula is C25H23ClFN5O2S. The predicted octanol–water partition coefficient (Wildman–Crippen LogP) is 5.05. The average Bonchev–Trinajstić information content (AvgIpc) is 2.85. The molecule has 10 heteroatoms. The van der Waals surface area contributed by atoms with Crippen LogP contribution in [0.4, 0.5) is 16.0 Å². The molecule has 180 valence electrons. The van der Waals surface area contributed by atoms with E-state index in [4.69, 9.17) is 11.6 Å². The van der Waals surface area contributed by atoms with E-state index < -0.39 is 15.8 Å². The molecule has 1 saturated heterocycles. The van der Waals surface area contributed by atoms with Crippen LogP contribution < -0.4 is 15.4 Å². The third-order valence-electron chi connectivity index (χ3n) is 5.88. The third-order valence-corrected chi connectivity index (χ3v) is 7.75. The van der Waals surface area contributed by atoms with Crippen molar-refractivity contribution in [1.29, 1.82) is 0 Å². The highest BCUT2D eigenvalue weighted by molar-refractivity contribution is 7.92. The van der Waals surface area contributed by atoms with Crippen LogP contribution in [0.2, 0.25) is 5.02 Å². The van der Waals surface area contributed by atoms with Gasteiger partial charge in [0.15, 0.2) is 0 Å². The SMILES string of the molecule is O=S(=O)(Nc1ccc(-c2ccc3nc(NC4CCCNC4)ncc3c2)cc1F)c1ccccc1Cl. The molecule has 0 spiro atoms. The van der Waals surface area contributed by atoms with Gasteiger partial charge in [0.25, 0.3) is 10.0 Å². The van der Waals surface area contributed by atoms with E-state index in [1.807, 2.05) is 18.2 Å². The number of benzene rings is 3. The van der Waals surface area contributed by atoms with Gasteiger partial charge in [0.2, 0.25) is 5.95 Å². The van der Waals surface area contributed by atoms with Crippen molar-refractivity contribution >= 4 is 44.2 Å². The maximum absolute atomic E-state index is 14.9. The van der Waals surface area contributed by atoms with Gasteiger partial charge in [-0.2, -0.15) is 0 Å². The number of sulfonamides is 1. The molecule has 0 amide bonds. The molecule has 1 aliphatic rings. The first-order valence-electron chi connectivity index (χ1n) is 11.2. The number of nitrogens with one attached hydrogen (secondary N) is 3. The molecule has 0 radical (unpaired) electrons. The van der Waals surface area contributed by atoms with E-state index in [9.17, 15) is 12.8 Å². The van der Waals surface area contributed by atoms with Crippen molar-refractivity contribution in [2.24, 2.45) is 0 Å². The summed E-state index contributed by atoms with van der Waals surface area (Å²) in [5, 5.41) is 7.60. The maximum atomic E-state index is 14.9. The van der Waals surface area contributed by atoms with Crippen LogP contribution in [-0.2, 0) is 10.0 Å². The lowest BCUT2D eigenvalue weighted by Gasteiger charge is -2.23. The molecule has 35 heavy (non-hydrogen) atoms. The van der Waals surface area contributed by atoms with Crippen LogP contribution in [0.3, 0.4) is 0 Å². The monoisotopic (exact) mass is 511 g/mol. The van der Waals surface area contributed by atoms with E-state index in [-0.39, 0.29) is 15.6 Å². The second-order valence-corrected chi connectivity index (χ2v) is 10.4. The Bertz CT molecular complexity index is 1490. The Balaban J connectivity index is 1.36. The molecule has 1 unspecified atom stereocenters. The molecule has 1 aromatic heterocycles.